The van der Waals surface area contributed by atoms with Gasteiger partial charge in [-0.25, -0.2) is 9.59 Å². The van der Waals surface area contributed by atoms with E-state index in [0.29, 0.717) is 43.7 Å². The highest BCUT2D eigenvalue weighted by molar-refractivity contribution is 7.99. The van der Waals surface area contributed by atoms with E-state index in [2.05, 4.69) is 20.8 Å². The van der Waals surface area contributed by atoms with Gasteiger partial charge in [-0.3, -0.25) is 0 Å². The van der Waals surface area contributed by atoms with E-state index in [1.807, 2.05) is 60.3 Å². The number of carboxylic acid groups (broad SMARTS) is 1. The number of amides is 1. The van der Waals surface area contributed by atoms with E-state index in [1.165, 1.54) is 24.8 Å². The van der Waals surface area contributed by atoms with Crippen molar-refractivity contribution in [3.05, 3.63) is 59.7 Å². The number of carbonyl (C=O) groups excluding carboxylic acids is 1. The van der Waals surface area contributed by atoms with Crippen molar-refractivity contribution in [2.24, 2.45) is 0 Å². The SMILES string of the molecule is CCCCCSCCN(CCOc1ccc(CC(OCC)C(=O)O)cc1)C(=O)Oc1ccc(C(C)C)cc1. The molecule has 2 aromatic carbocycles. The summed E-state index contributed by atoms with van der Waals surface area (Å²) in [7, 11) is 0. The number of benzene rings is 2. The number of aliphatic carboxylic acids is 1. The molecule has 0 fully saturated rings. The Kier molecular flexibility index (Phi) is 14.7. The molecule has 0 aliphatic carbocycles. The molecular weight excluding hydrogens is 502 g/mol. The van der Waals surface area contributed by atoms with Gasteiger partial charge in [0.05, 0.1) is 6.54 Å². The topological polar surface area (TPSA) is 85.3 Å². The second kappa shape index (κ2) is 17.7. The molecule has 210 valence electrons. The van der Waals surface area contributed by atoms with Crippen LogP contribution in [0.15, 0.2) is 48.5 Å². The Morgan fingerprint density at radius 2 is 1.61 bits per heavy atom. The molecule has 0 aliphatic rings. The van der Waals surface area contributed by atoms with Crippen LogP contribution in [0, 0.1) is 0 Å². The summed E-state index contributed by atoms with van der Waals surface area (Å²) in [5, 5.41) is 9.28. The van der Waals surface area contributed by atoms with Crippen molar-refractivity contribution in [1.29, 1.82) is 0 Å². The Morgan fingerprint density at radius 1 is 0.921 bits per heavy atom. The lowest BCUT2D eigenvalue weighted by Crippen LogP contribution is -2.38. The molecule has 0 heterocycles. The van der Waals surface area contributed by atoms with Crippen LogP contribution in [0.2, 0.25) is 0 Å². The van der Waals surface area contributed by atoms with Crippen molar-refractivity contribution in [3.8, 4) is 11.5 Å². The molecule has 0 spiro atoms. The Hall–Kier alpha value is -2.71. The molecule has 38 heavy (non-hydrogen) atoms. The first kappa shape index (κ1) is 31.5. The summed E-state index contributed by atoms with van der Waals surface area (Å²) in [5.74, 6) is 2.55. The summed E-state index contributed by atoms with van der Waals surface area (Å²) in [6, 6.07) is 14.9. The van der Waals surface area contributed by atoms with Crippen molar-refractivity contribution in [2.75, 3.05) is 37.8 Å². The number of carboxylic acids is 1. The number of unbranched alkanes of at least 4 members (excludes halogenated alkanes) is 2. The lowest BCUT2D eigenvalue weighted by Gasteiger charge is -2.22. The van der Waals surface area contributed by atoms with Gasteiger partial charge >= 0.3 is 12.1 Å². The fourth-order valence-electron chi connectivity index (χ4n) is 3.74. The van der Waals surface area contributed by atoms with Gasteiger partial charge < -0.3 is 24.2 Å². The van der Waals surface area contributed by atoms with Gasteiger partial charge in [0.1, 0.15) is 18.1 Å². The van der Waals surface area contributed by atoms with Crippen LogP contribution in [0.1, 0.15) is 64.0 Å². The fourth-order valence-corrected chi connectivity index (χ4v) is 4.70. The van der Waals surface area contributed by atoms with Crippen LogP contribution in [0.5, 0.6) is 11.5 Å². The number of nitrogens with zero attached hydrogens (tertiary/aromatic N) is 1. The zero-order valence-electron chi connectivity index (χ0n) is 23.2. The normalized spacial score (nSPS) is 11.8. The summed E-state index contributed by atoms with van der Waals surface area (Å²) < 4.78 is 16.8. The molecule has 2 aromatic rings. The second-order valence-corrected chi connectivity index (χ2v) is 10.6. The van der Waals surface area contributed by atoms with Gasteiger partial charge in [-0.2, -0.15) is 11.8 Å². The molecule has 0 aromatic heterocycles. The summed E-state index contributed by atoms with van der Waals surface area (Å²) in [5.41, 5.74) is 2.05. The first-order chi connectivity index (χ1) is 18.3. The van der Waals surface area contributed by atoms with Crippen LogP contribution in [-0.2, 0) is 16.0 Å². The summed E-state index contributed by atoms with van der Waals surface area (Å²) >= 11 is 1.85. The Bertz CT molecular complexity index is 948. The van der Waals surface area contributed by atoms with E-state index in [1.54, 1.807) is 11.8 Å². The molecular formula is C30H43NO6S. The van der Waals surface area contributed by atoms with E-state index >= 15 is 0 Å². The minimum absolute atomic E-state index is 0.289. The molecule has 1 amide bonds. The van der Waals surface area contributed by atoms with Crippen molar-refractivity contribution < 1.29 is 28.9 Å². The molecule has 1 unspecified atom stereocenters. The van der Waals surface area contributed by atoms with Crippen LogP contribution in [0.4, 0.5) is 4.79 Å². The molecule has 2 rings (SSSR count). The maximum atomic E-state index is 13.0. The summed E-state index contributed by atoms with van der Waals surface area (Å²) in [6.07, 6.45) is 2.64. The van der Waals surface area contributed by atoms with Gasteiger partial charge in [0.15, 0.2) is 6.10 Å². The Balaban J connectivity index is 1.91. The highest BCUT2D eigenvalue weighted by Crippen LogP contribution is 2.20. The van der Waals surface area contributed by atoms with E-state index < -0.39 is 12.1 Å². The summed E-state index contributed by atoms with van der Waals surface area (Å²) in [4.78, 5) is 26.0. The largest absolute Gasteiger partial charge is 0.492 e. The number of thioether (sulfide) groups is 1. The van der Waals surface area contributed by atoms with E-state index in [9.17, 15) is 14.7 Å². The quantitative estimate of drug-likeness (QED) is 0.210. The predicted molar refractivity (Wildman–Crippen MR) is 154 cm³/mol. The highest BCUT2D eigenvalue weighted by Gasteiger charge is 2.18. The molecule has 0 bridgehead atoms. The number of hydrogen-bond donors (Lipinski definition) is 1. The number of rotatable bonds is 18. The third kappa shape index (κ3) is 11.8. The van der Waals surface area contributed by atoms with Crippen LogP contribution in [-0.4, -0.2) is 66.0 Å². The minimum Gasteiger partial charge on any atom is -0.492 e. The van der Waals surface area contributed by atoms with Crippen LogP contribution in [0.25, 0.3) is 0 Å². The third-order valence-electron chi connectivity index (χ3n) is 6.03. The van der Waals surface area contributed by atoms with Gasteiger partial charge in [0.25, 0.3) is 0 Å². The van der Waals surface area contributed by atoms with Gasteiger partial charge in [0.2, 0.25) is 0 Å². The van der Waals surface area contributed by atoms with Crippen LogP contribution >= 0.6 is 11.8 Å². The van der Waals surface area contributed by atoms with Crippen LogP contribution in [0.3, 0.4) is 0 Å². The van der Waals surface area contributed by atoms with E-state index in [4.69, 9.17) is 14.2 Å². The van der Waals surface area contributed by atoms with Gasteiger partial charge in [-0.05, 0) is 60.4 Å². The summed E-state index contributed by atoms with van der Waals surface area (Å²) in [6.45, 7) is 9.86. The van der Waals surface area contributed by atoms with Crippen molar-refractivity contribution >= 4 is 23.8 Å². The predicted octanol–water partition coefficient (Wildman–Crippen LogP) is 6.65. The number of hydrogen-bond acceptors (Lipinski definition) is 6. The first-order valence-corrected chi connectivity index (χ1v) is 14.7. The van der Waals surface area contributed by atoms with E-state index in [-0.39, 0.29) is 12.5 Å². The molecule has 1 atom stereocenters. The fraction of sp³-hybridized carbons (Fsp3) is 0.533. The average Bonchev–Trinajstić information content (AvgIpc) is 2.90. The van der Waals surface area contributed by atoms with Crippen molar-refractivity contribution in [1.82, 2.24) is 4.90 Å². The maximum Gasteiger partial charge on any atom is 0.415 e. The smallest absolute Gasteiger partial charge is 0.415 e. The first-order valence-electron chi connectivity index (χ1n) is 13.5. The standard InChI is InChI=1S/C30H43NO6S/c1-5-7-8-20-38-21-18-31(30(34)37-27-15-11-25(12-16-27)23(3)4)17-19-36-26-13-9-24(10-14-26)22-28(29(32)33)35-6-2/h9-16,23,28H,5-8,17-22H2,1-4H3,(H,32,33). The van der Waals surface area contributed by atoms with E-state index in [0.717, 1.165) is 17.1 Å². The molecule has 8 heteroatoms. The van der Waals surface area contributed by atoms with Crippen molar-refractivity contribution in [2.45, 2.75) is 65.4 Å². The molecule has 0 saturated heterocycles. The average molecular weight is 546 g/mol. The number of ether oxygens (including phenoxy) is 3. The Morgan fingerprint density at radius 3 is 2.21 bits per heavy atom. The molecule has 1 N–H and O–H groups in total. The Labute approximate surface area is 231 Å². The monoisotopic (exact) mass is 545 g/mol. The third-order valence-corrected chi connectivity index (χ3v) is 7.07. The van der Waals surface area contributed by atoms with Gasteiger partial charge in [-0.1, -0.05) is 57.9 Å². The maximum absolute atomic E-state index is 13.0. The lowest BCUT2D eigenvalue weighted by molar-refractivity contribution is -0.149. The number of carbonyl (C=O) groups is 2. The molecule has 7 nitrogen and oxygen atoms in total. The lowest BCUT2D eigenvalue weighted by atomic mass is 10.0. The van der Waals surface area contributed by atoms with Crippen LogP contribution < -0.4 is 9.47 Å². The van der Waals surface area contributed by atoms with Crippen molar-refractivity contribution in [3.63, 3.8) is 0 Å². The minimum atomic E-state index is -0.974. The molecule has 0 saturated carbocycles. The van der Waals surface area contributed by atoms with Gasteiger partial charge in [0, 0.05) is 25.3 Å². The zero-order valence-corrected chi connectivity index (χ0v) is 24.0. The molecule has 0 aliphatic heterocycles. The highest BCUT2D eigenvalue weighted by atomic mass is 32.2. The second-order valence-electron chi connectivity index (χ2n) is 9.38. The van der Waals surface area contributed by atoms with Gasteiger partial charge in [-0.15, -0.1) is 0 Å². The zero-order chi connectivity index (χ0) is 27.8. The molecule has 0 radical (unpaired) electrons.